The van der Waals surface area contributed by atoms with E-state index in [1.54, 1.807) is 24.3 Å². The number of benzene rings is 1. The number of nitrogens with zero attached hydrogens (tertiary/aromatic N) is 2. The Morgan fingerprint density at radius 3 is 2.00 bits per heavy atom. The van der Waals surface area contributed by atoms with Crippen molar-refractivity contribution >= 4 is 17.5 Å². The highest BCUT2D eigenvalue weighted by atomic mass is 16.2. The van der Waals surface area contributed by atoms with Crippen LogP contribution in [0, 0.1) is 40.4 Å². The zero-order valence-corrected chi connectivity index (χ0v) is 11.9. The van der Waals surface area contributed by atoms with Crippen molar-refractivity contribution in [3.05, 3.63) is 42.0 Å². The van der Waals surface area contributed by atoms with Crippen LogP contribution >= 0.6 is 0 Å². The van der Waals surface area contributed by atoms with Crippen molar-refractivity contribution in [1.82, 2.24) is 0 Å². The third-order valence-corrected chi connectivity index (χ3v) is 6.11. The van der Waals surface area contributed by atoms with Gasteiger partial charge in [-0.15, -0.1) is 0 Å². The number of carbonyl (C=O) groups is 2. The molecule has 0 aromatic heterocycles. The lowest BCUT2D eigenvalue weighted by atomic mass is 9.85. The molecular formula is C18H14N2O2. The van der Waals surface area contributed by atoms with Gasteiger partial charge in [-0.3, -0.25) is 14.5 Å². The molecule has 3 fully saturated rings. The highest BCUT2D eigenvalue weighted by Crippen LogP contribution is 2.73. The molecule has 1 spiro atoms. The van der Waals surface area contributed by atoms with E-state index in [1.807, 2.05) is 0 Å². The van der Waals surface area contributed by atoms with Gasteiger partial charge in [0.1, 0.15) is 0 Å². The van der Waals surface area contributed by atoms with Crippen LogP contribution in [0.5, 0.6) is 0 Å². The Balaban J connectivity index is 1.55. The molecule has 3 aliphatic carbocycles. The van der Waals surface area contributed by atoms with Crippen LogP contribution in [-0.4, -0.2) is 11.8 Å². The molecule has 4 heteroatoms. The minimum atomic E-state index is -0.166. The van der Waals surface area contributed by atoms with E-state index < -0.39 is 0 Å². The molecule has 108 valence electrons. The van der Waals surface area contributed by atoms with Gasteiger partial charge in [0.25, 0.3) is 0 Å². The van der Waals surface area contributed by atoms with Gasteiger partial charge in [0.2, 0.25) is 11.8 Å². The predicted molar refractivity (Wildman–Crippen MR) is 78.4 cm³/mol. The van der Waals surface area contributed by atoms with E-state index >= 15 is 0 Å². The number of imide groups is 1. The second kappa shape index (κ2) is 3.67. The highest BCUT2D eigenvalue weighted by Gasteiger charge is 2.73. The van der Waals surface area contributed by atoms with Crippen LogP contribution in [0.1, 0.15) is 18.4 Å². The fourth-order valence-electron chi connectivity index (χ4n) is 5.02. The van der Waals surface area contributed by atoms with E-state index in [4.69, 9.17) is 5.26 Å². The molecule has 4 aliphatic rings. The minimum Gasteiger partial charge on any atom is -0.274 e. The van der Waals surface area contributed by atoms with Crippen molar-refractivity contribution in [3.63, 3.8) is 0 Å². The number of anilines is 1. The van der Waals surface area contributed by atoms with Crippen LogP contribution in [0.4, 0.5) is 5.69 Å². The Labute approximate surface area is 128 Å². The predicted octanol–water partition coefficient (Wildman–Crippen LogP) is 2.26. The summed E-state index contributed by atoms with van der Waals surface area (Å²) in [7, 11) is 0. The summed E-state index contributed by atoms with van der Waals surface area (Å²) in [6.07, 6.45) is 6.65. The van der Waals surface area contributed by atoms with E-state index in [0.29, 0.717) is 11.3 Å². The van der Waals surface area contributed by atoms with E-state index in [2.05, 4.69) is 18.2 Å². The molecule has 0 unspecified atom stereocenters. The first-order valence-corrected chi connectivity index (χ1v) is 7.74. The average molecular weight is 290 g/mol. The van der Waals surface area contributed by atoms with Gasteiger partial charge in [-0.05, 0) is 54.4 Å². The summed E-state index contributed by atoms with van der Waals surface area (Å²) < 4.78 is 0. The zero-order valence-electron chi connectivity index (χ0n) is 11.9. The molecule has 2 amide bonds. The molecule has 0 radical (unpaired) electrons. The van der Waals surface area contributed by atoms with E-state index in [1.165, 1.54) is 4.90 Å². The quantitative estimate of drug-likeness (QED) is 0.589. The number of fused-ring (bicyclic) bond motifs is 3. The first kappa shape index (κ1) is 12.2. The molecule has 4 atom stereocenters. The lowest BCUT2D eigenvalue weighted by Gasteiger charge is -2.21. The maximum Gasteiger partial charge on any atom is 0.238 e. The fourth-order valence-corrected chi connectivity index (χ4v) is 5.02. The highest BCUT2D eigenvalue weighted by molar-refractivity contribution is 6.23. The number of hydrogen-bond acceptors (Lipinski definition) is 3. The largest absolute Gasteiger partial charge is 0.274 e. The normalized spacial score (nSPS) is 36.0. The summed E-state index contributed by atoms with van der Waals surface area (Å²) in [6.45, 7) is 0. The summed E-state index contributed by atoms with van der Waals surface area (Å²) in [5.74, 6) is 0.0663. The second-order valence-electron chi connectivity index (χ2n) is 6.89. The molecule has 1 heterocycles. The van der Waals surface area contributed by atoms with Crippen LogP contribution in [0.15, 0.2) is 36.4 Å². The smallest absolute Gasteiger partial charge is 0.238 e. The average Bonchev–Trinajstić information content (AvgIpc) is 3.13. The number of carbonyl (C=O) groups excluding carboxylic acids is 2. The van der Waals surface area contributed by atoms with Gasteiger partial charge in [-0.25, -0.2) is 0 Å². The van der Waals surface area contributed by atoms with Gasteiger partial charge >= 0.3 is 0 Å². The summed E-state index contributed by atoms with van der Waals surface area (Å²) in [5.41, 5.74) is 1.35. The molecular weight excluding hydrogens is 276 g/mol. The first-order valence-electron chi connectivity index (χ1n) is 7.74. The van der Waals surface area contributed by atoms with Crippen LogP contribution in [0.3, 0.4) is 0 Å². The Morgan fingerprint density at radius 1 is 1.00 bits per heavy atom. The molecule has 4 nitrogen and oxygen atoms in total. The number of nitriles is 1. The SMILES string of the molecule is N#Cc1ccc(N2C(=O)[C@@H]3[C@H](C2=O)[C@@H]2C=C[C@H]3C23CC3)cc1. The number of hydrogen-bond donors (Lipinski definition) is 0. The molecule has 1 aliphatic heterocycles. The van der Waals surface area contributed by atoms with E-state index in [-0.39, 0.29) is 40.9 Å². The fraction of sp³-hybridized carbons (Fsp3) is 0.389. The summed E-state index contributed by atoms with van der Waals surface area (Å²) in [5, 5.41) is 8.87. The van der Waals surface area contributed by atoms with Crippen molar-refractivity contribution in [1.29, 1.82) is 5.26 Å². The standard InChI is InChI=1S/C18H14N2O2/c19-9-10-1-3-11(4-2-10)20-16(21)14-12-5-6-13(15(14)17(20)22)18(12)7-8-18/h1-6,12-15H,7-8H2/t12-,13+,14+,15-. The molecule has 2 bridgehead atoms. The minimum absolute atomic E-state index is 0.0529. The van der Waals surface area contributed by atoms with Crippen molar-refractivity contribution in [3.8, 4) is 6.07 Å². The zero-order chi connectivity index (χ0) is 15.1. The molecule has 0 N–H and O–H groups in total. The summed E-state index contributed by atoms with van der Waals surface area (Å²) in [6, 6.07) is 8.74. The van der Waals surface area contributed by atoms with Crippen LogP contribution in [-0.2, 0) is 9.59 Å². The molecule has 5 rings (SSSR count). The van der Waals surface area contributed by atoms with Gasteiger partial charge in [-0.1, -0.05) is 12.2 Å². The summed E-state index contributed by atoms with van der Waals surface area (Å²) in [4.78, 5) is 27.1. The van der Waals surface area contributed by atoms with Crippen molar-refractivity contribution in [2.24, 2.45) is 29.1 Å². The van der Waals surface area contributed by atoms with Crippen molar-refractivity contribution in [2.75, 3.05) is 4.90 Å². The Morgan fingerprint density at radius 2 is 1.55 bits per heavy atom. The monoisotopic (exact) mass is 290 g/mol. The van der Waals surface area contributed by atoms with Gasteiger partial charge in [0.05, 0.1) is 29.2 Å². The topological polar surface area (TPSA) is 61.2 Å². The van der Waals surface area contributed by atoms with Gasteiger partial charge < -0.3 is 0 Å². The molecule has 22 heavy (non-hydrogen) atoms. The molecule has 1 saturated heterocycles. The molecule has 2 saturated carbocycles. The second-order valence-corrected chi connectivity index (χ2v) is 6.89. The third kappa shape index (κ3) is 1.20. The maximum absolute atomic E-state index is 12.9. The van der Waals surface area contributed by atoms with Crippen LogP contribution in [0.2, 0.25) is 0 Å². The van der Waals surface area contributed by atoms with Crippen molar-refractivity contribution in [2.45, 2.75) is 12.8 Å². The Hall–Kier alpha value is -2.41. The van der Waals surface area contributed by atoms with Crippen LogP contribution in [0.25, 0.3) is 0 Å². The van der Waals surface area contributed by atoms with Gasteiger partial charge in [0.15, 0.2) is 0 Å². The van der Waals surface area contributed by atoms with Gasteiger partial charge in [-0.2, -0.15) is 5.26 Å². The third-order valence-electron chi connectivity index (χ3n) is 6.11. The maximum atomic E-state index is 12.9. The number of allylic oxidation sites excluding steroid dienone is 2. The molecule has 1 aromatic carbocycles. The Bertz CT molecular complexity index is 748. The lowest BCUT2D eigenvalue weighted by Crippen LogP contribution is -2.34. The summed E-state index contributed by atoms with van der Waals surface area (Å²) >= 11 is 0. The number of amides is 2. The molecule has 1 aromatic rings. The van der Waals surface area contributed by atoms with Crippen molar-refractivity contribution < 1.29 is 9.59 Å². The lowest BCUT2D eigenvalue weighted by molar-refractivity contribution is -0.123. The Kier molecular flexibility index (Phi) is 2.03. The number of rotatable bonds is 1. The van der Waals surface area contributed by atoms with Gasteiger partial charge in [0, 0.05) is 0 Å². The van der Waals surface area contributed by atoms with E-state index in [0.717, 1.165) is 12.8 Å². The van der Waals surface area contributed by atoms with E-state index in [9.17, 15) is 9.59 Å². The van der Waals surface area contributed by atoms with Crippen LogP contribution < -0.4 is 4.90 Å². The first-order chi connectivity index (χ1) is 10.7.